The number of carbonyl (C=O) groups excluding carboxylic acids is 1. The molecule has 21 heavy (non-hydrogen) atoms. The van der Waals surface area contributed by atoms with E-state index in [0.29, 0.717) is 13.1 Å². The van der Waals surface area contributed by atoms with Crippen LogP contribution in [-0.4, -0.2) is 18.9 Å². The zero-order valence-electron chi connectivity index (χ0n) is 11.4. The van der Waals surface area contributed by atoms with Crippen LogP contribution in [0.1, 0.15) is 17.0 Å². The third-order valence-electron chi connectivity index (χ3n) is 3.94. The van der Waals surface area contributed by atoms with E-state index < -0.39 is 0 Å². The van der Waals surface area contributed by atoms with E-state index in [1.807, 2.05) is 0 Å². The van der Waals surface area contributed by atoms with Crippen molar-refractivity contribution in [2.45, 2.75) is 5.92 Å². The van der Waals surface area contributed by atoms with Gasteiger partial charge in [-0.2, -0.15) is 0 Å². The van der Waals surface area contributed by atoms with Crippen LogP contribution in [-0.2, 0) is 4.79 Å². The van der Waals surface area contributed by atoms with E-state index in [2.05, 4.69) is 5.32 Å². The van der Waals surface area contributed by atoms with Crippen molar-refractivity contribution >= 4 is 5.78 Å². The summed E-state index contributed by atoms with van der Waals surface area (Å²) < 4.78 is 26.3. The molecule has 0 aliphatic carbocycles. The molecule has 1 saturated heterocycles. The second kappa shape index (κ2) is 5.74. The maximum Gasteiger partial charge on any atom is 0.151 e. The minimum Gasteiger partial charge on any atom is -0.309 e. The molecule has 2 aromatic rings. The van der Waals surface area contributed by atoms with Crippen molar-refractivity contribution in [3.05, 3.63) is 71.3 Å². The molecule has 0 saturated carbocycles. The van der Waals surface area contributed by atoms with Crippen LogP contribution in [0.3, 0.4) is 0 Å². The van der Waals surface area contributed by atoms with Gasteiger partial charge >= 0.3 is 0 Å². The predicted octanol–water partition coefficient (Wildman–Crippen LogP) is 2.89. The lowest BCUT2D eigenvalue weighted by atomic mass is 9.80. The topological polar surface area (TPSA) is 29.1 Å². The van der Waals surface area contributed by atoms with Crippen LogP contribution in [0.5, 0.6) is 0 Å². The number of rotatable bonds is 3. The van der Waals surface area contributed by atoms with Gasteiger partial charge in [0, 0.05) is 18.4 Å². The Balaban J connectivity index is 2.03. The van der Waals surface area contributed by atoms with E-state index in [-0.39, 0.29) is 29.3 Å². The molecular weight excluding hydrogens is 272 g/mol. The first-order valence-corrected chi connectivity index (χ1v) is 6.89. The van der Waals surface area contributed by atoms with E-state index in [4.69, 9.17) is 0 Å². The van der Waals surface area contributed by atoms with Gasteiger partial charge in [-0.15, -0.1) is 0 Å². The first-order valence-electron chi connectivity index (χ1n) is 6.89. The molecule has 2 aromatic carbocycles. The van der Waals surface area contributed by atoms with E-state index in [0.717, 1.165) is 11.1 Å². The largest absolute Gasteiger partial charge is 0.309 e. The smallest absolute Gasteiger partial charge is 0.151 e. The monoisotopic (exact) mass is 287 g/mol. The van der Waals surface area contributed by atoms with Gasteiger partial charge in [-0.3, -0.25) is 4.79 Å². The summed E-state index contributed by atoms with van der Waals surface area (Å²) in [5.41, 5.74) is 1.73. The number of Topliss-reactive ketones (excluding diaryl/α,β-unsaturated/α-hetero) is 1. The predicted molar refractivity (Wildman–Crippen MR) is 76.0 cm³/mol. The third kappa shape index (κ3) is 2.85. The number of hydrogen-bond acceptors (Lipinski definition) is 2. The molecule has 1 fully saturated rings. The lowest BCUT2D eigenvalue weighted by Crippen LogP contribution is -2.22. The molecule has 1 aliphatic heterocycles. The van der Waals surface area contributed by atoms with Crippen molar-refractivity contribution < 1.29 is 13.6 Å². The zero-order chi connectivity index (χ0) is 14.8. The SMILES string of the molecule is O=C1CNCC1C(c1ccc(F)cc1)c1ccc(F)cc1. The highest BCUT2D eigenvalue weighted by Gasteiger charge is 2.34. The number of ketones is 1. The summed E-state index contributed by atoms with van der Waals surface area (Å²) in [4.78, 5) is 12.1. The van der Waals surface area contributed by atoms with Crippen molar-refractivity contribution in [2.75, 3.05) is 13.1 Å². The molecule has 1 aliphatic rings. The van der Waals surface area contributed by atoms with Crippen molar-refractivity contribution in [1.29, 1.82) is 0 Å². The molecule has 4 heteroatoms. The van der Waals surface area contributed by atoms with E-state index in [1.54, 1.807) is 24.3 Å². The lowest BCUT2D eigenvalue weighted by Gasteiger charge is -2.23. The molecule has 2 nitrogen and oxygen atoms in total. The molecule has 0 bridgehead atoms. The van der Waals surface area contributed by atoms with Gasteiger partial charge in [-0.1, -0.05) is 24.3 Å². The first kappa shape index (κ1) is 13.9. The van der Waals surface area contributed by atoms with Gasteiger partial charge < -0.3 is 5.32 Å². The first-order chi connectivity index (χ1) is 10.1. The maximum atomic E-state index is 13.1. The lowest BCUT2D eigenvalue weighted by molar-refractivity contribution is -0.119. The molecule has 0 radical (unpaired) electrons. The highest BCUT2D eigenvalue weighted by Crippen LogP contribution is 2.34. The van der Waals surface area contributed by atoms with Crippen LogP contribution < -0.4 is 5.32 Å². The molecule has 0 spiro atoms. The van der Waals surface area contributed by atoms with E-state index >= 15 is 0 Å². The second-order valence-electron chi connectivity index (χ2n) is 5.28. The summed E-state index contributed by atoms with van der Waals surface area (Å²) in [7, 11) is 0. The fraction of sp³-hybridized carbons (Fsp3) is 0.235. The highest BCUT2D eigenvalue weighted by atomic mass is 19.1. The van der Waals surface area contributed by atoms with Crippen LogP contribution >= 0.6 is 0 Å². The Morgan fingerprint density at radius 1 is 0.905 bits per heavy atom. The minimum absolute atomic E-state index is 0.133. The molecule has 0 aromatic heterocycles. The summed E-state index contributed by atoms with van der Waals surface area (Å²) >= 11 is 0. The Morgan fingerprint density at radius 3 is 1.76 bits per heavy atom. The normalized spacial score (nSPS) is 18.4. The second-order valence-corrected chi connectivity index (χ2v) is 5.28. The number of halogens is 2. The Kier molecular flexibility index (Phi) is 3.80. The fourth-order valence-corrected chi connectivity index (χ4v) is 2.90. The average Bonchev–Trinajstić information content (AvgIpc) is 2.90. The molecule has 1 N–H and O–H groups in total. The standard InChI is InChI=1S/C17H15F2NO/c18-13-5-1-11(2-6-13)17(15-9-20-10-16(15)21)12-3-7-14(19)8-4-12/h1-8,15,17,20H,9-10H2. The molecule has 108 valence electrons. The summed E-state index contributed by atoms with van der Waals surface area (Å²) in [5.74, 6) is -0.886. The third-order valence-corrected chi connectivity index (χ3v) is 3.94. The van der Waals surface area contributed by atoms with E-state index in [1.165, 1.54) is 24.3 Å². The fourth-order valence-electron chi connectivity index (χ4n) is 2.90. The molecule has 1 atom stereocenters. The van der Waals surface area contributed by atoms with Gasteiger partial charge in [0.25, 0.3) is 0 Å². The number of benzene rings is 2. The molecule has 1 heterocycles. The van der Waals surface area contributed by atoms with Crippen LogP contribution in [0.2, 0.25) is 0 Å². The Hall–Kier alpha value is -2.07. The van der Waals surface area contributed by atoms with E-state index in [9.17, 15) is 13.6 Å². The van der Waals surface area contributed by atoms with Gasteiger partial charge in [0.2, 0.25) is 0 Å². The highest BCUT2D eigenvalue weighted by molar-refractivity contribution is 5.86. The van der Waals surface area contributed by atoms with Crippen LogP contribution in [0, 0.1) is 17.6 Å². The summed E-state index contributed by atoms with van der Waals surface area (Å²) in [6, 6.07) is 12.3. The molecular formula is C17H15F2NO. The zero-order valence-corrected chi connectivity index (χ0v) is 11.4. The van der Waals surface area contributed by atoms with Gasteiger partial charge in [-0.25, -0.2) is 8.78 Å². The van der Waals surface area contributed by atoms with Crippen LogP contribution in [0.15, 0.2) is 48.5 Å². The van der Waals surface area contributed by atoms with Gasteiger partial charge in [-0.05, 0) is 35.4 Å². The average molecular weight is 287 g/mol. The molecule has 3 rings (SSSR count). The van der Waals surface area contributed by atoms with Gasteiger partial charge in [0.05, 0.1) is 6.54 Å². The Labute approximate surface area is 121 Å². The number of nitrogens with one attached hydrogen (secondary N) is 1. The van der Waals surface area contributed by atoms with Crippen molar-refractivity contribution in [3.8, 4) is 0 Å². The summed E-state index contributed by atoms with van der Waals surface area (Å²) in [6.45, 7) is 0.932. The quantitative estimate of drug-likeness (QED) is 0.940. The minimum atomic E-state index is -0.313. The summed E-state index contributed by atoms with van der Waals surface area (Å²) in [5, 5.41) is 3.07. The maximum absolute atomic E-state index is 13.1. The number of carbonyl (C=O) groups is 1. The Morgan fingerprint density at radius 2 is 1.38 bits per heavy atom. The van der Waals surface area contributed by atoms with Crippen molar-refractivity contribution in [2.24, 2.45) is 5.92 Å². The Bertz CT molecular complexity index is 591. The van der Waals surface area contributed by atoms with Crippen LogP contribution in [0.25, 0.3) is 0 Å². The van der Waals surface area contributed by atoms with Gasteiger partial charge in [0.1, 0.15) is 11.6 Å². The molecule has 0 amide bonds. The van der Waals surface area contributed by atoms with Crippen molar-refractivity contribution in [3.63, 3.8) is 0 Å². The number of hydrogen-bond donors (Lipinski definition) is 1. The molecule has 1 unspecified atom stereocenters. The van der Waals surface area contributed by atoms with Crippen molar-refractivity contribution in [1.82, 2.24) is 5.32 Å². The van der Waals surface area contributed by atoms with Crippen LogP contribution in [0.4, 0.5) is 8.78 Å². The van der Waals surface area contributed by atoms with Gasteiger partial charge in [0.15, 0.2) is 5.78 Å². The summed E-state index contributed by atoms with van der Waals surface area (Å²) in [6.07, 6.45) is 0.